The average molecular weight is 585 g/mol. The first-order valence-electron chi connectivity index (χ1n) is 15.7. The van der Waals surface area contributed by atoms with Crippen molar-refractivity contribution in [1.29, 1.82) is 0 Å². The molecule has 0 saturated carbocycles. The Morgan fingerprint density at radius 3 is 1.72 bits per heavy atom. The van der Waals surface area contributed by atoms with E-state index >= 15 is 0 Å². The third kappa shape index (κ3) is 4.43. The molecule has 0 saturated heterocycles. The SMILES string of the molecule is c1ccc(-c2nc(-c3ccc(-c4cccc5ccccc45)cc3)cc(-c3c4ccccc4cc4ccc5ccccc5c34)n2)cc1. The summed E-state index contributed by atoms with van der Waals surface area (Å²) in [6.07, 6.45) is 0. The number of nitrogens with zero attached hydrogens (tertiary/aromatic N) is 2. The number of hydrogen-bond donors (Lipinski definition) is 0. The topological polar surface area (TPSA) is 25.8 Å². The predicted octanol–water partition coefficient (Wildman–Crippen LogP) is 11.8. The van der Waals surface area contributed by atoms with E-state index in [2.05, 4.69) is 152 Å². The summed E-state index contributed by atoms with van der Waals surface area (Å²) < 4.78 is 0. The zero-order chi connectivity index (χ0) is 30.5. The van der Waals surface area contributed by atoms with E-state index in [0.717, 1.165) is 28.1 Å². The van der Waals surface area contributed by atoms with Crippen LogP contribution < -0.4 is 0 Å². The third-order valence-electron chi connectivity index (χ3n) is 9.05. The second kappa shape index (κ2) is 10.8. The molecule has 46 heavy (non-hydrogen) atoms. The van der Waals surface area contributed by atoms with Gasteiger partial charge >= 0.3 is 0 Å². The van der Waals surface area contributed by atoms with Crippen molar-refractivity contribution in [2.24, 2.45) is 0 Å². The molecule has 214 valence electrons. The summed E-state index contributed by atoms with van der Waals surface area (Å²) in [6.45, 7) is 0. The zero-order valence-electron chi connectivity index (χ0n) is 25.1. The van der Waals surface area contributed by atoms with Crippen LogP contribution in [0.4, 0.5) is 0 Å². The lowest BCUT2D eigenvalue weighted by atomic mass is 9.90. The highest BCUT2D eigenvalue weighted by Crippen LogP contribution is 2.41. The van der Waals surface area contributed by atoms with Gasteiger partial charge in [0, 0.05) is 16.7 Å². The first-order valence-corrected chi connectivity index (χ1v) is 15.7. The fraction of sp³-hybridized carbons (Fsp3) is 0. The smallest absolute Gasteiger partial charge is 0.160 e. The standard InChI is InChI=1S/C44H28N2/c1-2-13-33(14-3-1)44-45-40(32-24-21-31(22-25-32)37-20-10-16-29-11-4-7-17-36(29)37)28-41(46-44)43-39-19-9-6-15-34(39)27-35-26-23-30-12-5-8-18-38(30)42(35)43/h1-28H. The van der Waals surface area contributed by atoms with E-state index in [4.69, 9.17) is 9.97 Å². The Bertz CT molecular complexity index is 2560. The summed E-state index contributed by atoms with van der Waals surface area (Å²) in [6, 6.07) is 60.4. The van der Waals surface area contributed by atoms with Gasteiger partial charge in [0.05, 0.1) is 11.4 Å². The lowest BCUT2D eigenvalue weighted by molar-refractivity contribution is 1.19. The van der Waals surface area contributed by atoms with Crippen LogP contribution in [0, 0.1) is 0 Å². The minimum absolute atomic E-state index is 0.715. The third-order valence-corrected chi connectivity index (χ3v) is 9.05. The normalized spacial score (nSPS) is 11.5. The van der Waals surface area contributed by atoms with Gasteiger partial charge in [-0.2, -0.15) is 0 Å². The van der Waals surface area contributed by atoms with Crippen molar-refractivity contribution in [2.75, 3.05) is 0 Å². The molecular formula is C44H28N2. The highest BCUT2D eigenvalue weighted by molar-refractivity contribution is 6.21. The van der Waals surface area contributed by atoms with Crippen molar-refractivity contribution in [3.05, 3.63) is 170 Å². The van der Waals surface area contributed by atoms with Gasteiger partial charge in [0.15, 0.2) is 5.82 Å². The summed E-state index contributed by atoms with van der Waals surface area (Å²) in [5.41, 5.74) is 7.41. The lowest BCUT2D eigenvalue weighted by Gasteiger charge is -2.16. The number of fused-ring (bicyclic) bond motifs is 5. The first kappa shape index (κ1) is 26.3. The second-order valence-electron chi connectivity index (χ2n) is 11.8. The van der Waals surface area contributed by atoms with Gasteiger partial charge in [-0.25, -0.2) is 9.97 Å². The van der Waals surface area contributed by atoms with Gasteiger partial charge in [-0.3, -0.25) is 0 Å². The summed E-state index contributed by atoms with van der Waals surface area (Å²) in [4.78, 5) is 10.5. The minimum atomic E-state index is 0.715. The van der Waals surface area contributed by atoms with Gasteiger partial charge in [0.2, 0.25) is 0 Å². The monoisotopic (exact) mass is 584 g/mol. The minimum Gasteiger partial charge on any atom is -0.228 e. The van der Waals surface area contributed by atoms with Crippen LogP contribution in [0.3, 0.4) is 0 Å². The van der Waals surface area contributed by atoms with Gasteiger partial charge in [0.25, 0.3) is 0 Å². The van der Waals surface area contributed by atoms with Gasteiger partial charge in [-0.05, 0) is 66.3 Å². The van der Waals surface area contributed by atoms with Crippen molar-refractivity contribution in [2.45, 2.75) is 0 Å². The molecule has 0 N–H and O–H groups in total. The molecule has 0 spiro atoms. The Balaban J connectivity index is 1.29. The summed E-state index contributed by atoms with van der Waals surface area (Å²) in [5.74, 6) is 0.715. The molecule has 0 aliphatic carbocycles. The predicted molar refractivity (Wildman–Crippen MR) is 194 cm³/mol. The molecule has 9 aromatic rings. The first-order chi connectivity index (χ1) is 22.8. The Morgan fingerprint density at radius 2 is 0.913 bits per heavy atom. The fourth-order valence-electron chi connectivity index (χ4n) is 6.84. The quantitative estimate of drug-likeness (QED) is 0.152. The molecule has 9 rings (SSSR count). The summed E-state index contributed by atoms with van der Waals surface area (Å²) >= 11 is 0. The number of rotatable bonds is 4. The molecule has 2 nitrogen and oxygen atoms in total. The van der Waals surface area contributed by atoms with E-state index in [-0.39, 0.29) is 0 Å². The van der Waals surface area contributed by atoms with Crippen molar-refractivity contribution in [3.8, 4) is 45.0 Å². The lowest BCUT2D eigenvalue weighted by Crippen LogP contribution is -1.97. The maximum absolute atomic E-state index is 5.29. The molecule has 0 radical (unpaired) electrons. The molecule has 0 amide bonds. The maximum Gasteiger partial charge on any atom is 0.160 e. The van der Waals surface area contributed by atoms with E-state index in [0.29, 0.717) is 5.82 Å². The van der Waals surface area contributed by atoms with Crippen LogP contribution in [0.1, 0.15) is 0 Å². The second-order valence-corrected chi connectivity index (χ2v) is 11.8. The van der Waals surface area contributed by atoms with Crippen LogP contribution in [0.15, 0.2) is 170 Å². The van der Waals surface area contributed by atoms with Crippen LogP contribution in [-0.2, 0) is 0 Å². The Kier molecular flexibility index (Phi) is 6.17. The molecular weight excluding hydrogens is 556 g/mol. The molecule has 0 bridgehead atoms. The van der Waals surface area contributed by atoms with Gasteiger partial charge < -0.3 is 0 Å². The van der Waals surface area contributed by atoms with E-state index in [1.54, 1.807) is 0 Å². The molecule has 0 unspecified atom stereocenters. The summed E-state index contributed by atoms with van der Waals surface area (Å²) in [5, 5.41) is 9.73. The maximum atomic E-state index is 5.29. The zero-order valence-corrected chi connectivity index (χ0v) is 25.1. The van der Waals surface area contributed by atoms with Crippen molar-refractivity contribution in [3.63, 3.8) is 0 Å². The summed E-state index contributed by atoms with van der Waals surface area (Å²) in [7, 11) is 0. The number of hydrogen-bond acceptors (Lipinski definition) is 2. The van der Waals surface area contributed by atoms with Crippen molar-refractivity contribution < 1.29 is 0 Å². The molecule has 1 heterocycles. The van der Waals surface area contributed by atoms with Gasteiger partial charge in [0.1, 0.15) is 0 Å². The largest absolute Gasteiger partial charge is 0.228 e. The molecule has 0 atom stereocenters. The number of benzene rings is 8. The molecule has 0 aliphatic heterocycles. The molecule has 2 heteroatoms. The average Bonchev–Trinajstić information content (AvgIpc) is 3.14. The van der Waals surface area contributed by atoms with Crippen LogP contribution in [0.25, 0.3) is 88.1 Å². The highest BCUT2D eigenvalue weighted by atomic mass is 14.9. The van der Waals surface area contributed by atoms with E-state index in [1.807, 2.05) is 18.2 Å². The Labute approximate surface area is 267 Å². The molecule has 0 aliphatic rings. The van der Waals surface area contributed by atoms with E-state index < -0.39 is 0 Å². The highest BCUT2D eigenvalue weighted by Gasteiger charge is 2.17. The van der Waals surface area contributed by atoms with E-state index in [1.165, 1.54) is 54.2 Å². The molecule has 1 aromatic heterocycles. The van der Waals surface area contributed by atoms with Crippen LogP contribution >= 0.6 is 0 Å². The van der Waals surface area contributed by atoms with Gasteiger partial charge in [-0.15, -0.1) is 0 Å². The van der Waals surface area contributed by atoms with Crippen LogP contribution in [-0.4, -0.2) is 9.97 Å². The van der Waals surface area contributed by atoms with Crippen LogP contribution in [0.5, 0.6) is 0 Å². The Morgan fingerprint density at radius 1 is 0.326 bits per heavy atom. The fourth-order valence-corrected chi connectivity index (χ4v) is 6.84. The van der Waals surface area contributed by atoms with Crippen LogP contribution in [0.2, 0.25) is 0 Å². The number of aromatic nitrogens is 2. The van der Waals surface area contributed by atoms with Crippen molar-refractivity contribution in [1.82, 2.24) is 9.97 Å². The molecule has 0 fully saturated rings. The van der Waals surface area contributed by atoms with Crippen molar-refractivity contribution >= 4 is 43.1 Å². The molecule has 8 aromatic carbocycles. The van der Waals surface area contributed by atoms with Gasteiger partial charge in [-0.1, -0.05) is 158 Å². The Hall–Kier alpha value is -6.12. The van der Waals surface area contributed by atoms with E-state index in [9.17, 15) is 0 Å².